The Morgan fingerprint density at radius 3 is 2.56 bits per heavy atom. The second-order valence-electron chi connectivity index (χ2n) is 8.47. The molecule has 0 unspecified atom stereocenters. The summed E-state index contributed by atoms with van der Waals surface area (Å²) in [6, 6.07) is 20.4. The minimum Gasteiger partial charge on any atom is -0.497 e. The van der Waals surface area contributed by atoms with Crippen molar-refractivity contribution in [1.29, 1.82) is 0 Å². The van der Waals surface area contributed by atoms with E-state index in [0.29, 0.717) is 6.54 Å². The van der Waals surface area contributed by atoms with E-state index >= 15 is 0 Å². The van der Waals surface area contributed by atoms with Gasteiger partial charge in [0.2, 0.25) is 0 Å². The Hall–Kier alpha value is -3.71. The summed E-state index contributed by atoms with van der Waals surface area (Å²) in [5, 5.41) is 4.28. The van der Waals surface area contributed by atoms with Gasteiger partial charge in [-0.25, -0.2) is 0 Å². The average molecular weight is 470 g/mol. The number of benzene rings is 1. The number of hydrogen-bond donors (Lipinski definition) is 1. The van der Waals surface area contributed by atoms with Crippen LogP contribution in [0.1, 0.15) is 40.3 Å². The highest BCUT2D eigenvalue weighted by Crippen LogP contribution is 2.42. The number of nitrogens with one attached hydrogen (secondary N) is 1. The van der Waals surface area contributed by atoms with Gasteiger partial charge in [0.05, 0.1) is 24.9 Å². The van der Waals surface area contributed by atoms with Crippen LogP contribution in [0.2, 0.25) is 0 Å². The molecule has 2 atom stereocenters. The summed E-state index contributed by atoms with van der Waals surface area (Å²) in [5.74, 6) is 0.834. The van der Waals surface area contributed by atoms with Crippen molar-refractivity contribution < 1.29 is 4.74 Å². The van der Waals surface area contributed by atoms with Crippen molar-refractivity contribution in [3.05, 3.63) is 107 Å². The zero-order chi connectivity index (χ0) is 23.7. The average Bonchev–Trinajstić information content (AvgIpc) is 3.35. The lowest BCUT2D eigenvalue weighted by atomic mass is 9.96. The van der Waals surface area contributed by atoms with Crippen molar-refractivity contribution in [2.75, 3.05) is 7.11 Å². The summed E-state index contributed by atoms with van der Waals surface area (Å²) < 4.78 is 7.75. The Kier molecular flexibility index (Phi) is 6.02. The molecule has 4 aromatic rings. The number of aromatic nitrogens is 3. The van der Waals surface area contributed by atoms with Gasteiger partial charge in [0.25, 0.3) is 0 Å². The molecule has 1 N–H and O–H groups in total. The van der Waals surface area contributed by atoms with Crippen LogP contribution < -0.4 is 10.1 Å². The predicted octanol–water partition coefficient (Wildman–Crippen LogP) is 5.07. The second kappa shape index (κ2) is 9.27. The first kappa shape index (κ1) is 22.1. The van der Waals surface area contributed by atoms with Gasteiger partial charge in [0.15, 0.2) is 5.11 Å². The van der Waals surface area contributed by atoms with Crippen molar-refractivity contribution in [3.63, 3.8) is 0 Å². The first-order valence-electron chi connectivity index (χ1n) is 11.3. The lowest BCUT2D eigenvalue weighted by Crippen LogP contribution is -2.29. The highest BCUT2D eigenvalue weighted by Gasteiger charge is 2.41. The van der Waals surface area contributed by atoms with Crippen molar-refractivity contribution in [3.8, 4) is 11.4 Å². The third-order valence-electron chi connectivity index (χ3n) is 6.40. The van der Waals surface area contributed by atoms with E-state index in [2.05, 4.69) is 62.9 Å². The van der Waals surface area contributed by atoms with Crippen molar-refractivity contribution >= 4 is 17.3 Å². The molecule has 0 bridgehead atoms. The van der Waals surface area contributed by atoms with E-state index in [1.54, 1.807) is 7.11 Å². The number of methoxy groups -OCH3 is 1. The number of rotatable bonds is 6. The molecule has 7 heteroatoms. The van der Waals surface area contributed by atoms with Crippen LogP contribution in [0, 0.1) is 13.8 Å². The third-order valence-corrected chi connectivity index (χ3v) is 6.75. The Morgan fingerprint density at radius 1 is 1.00 bits per heavy atom. The number of thiocarbonyl (C=S) groups is 1. The fourth-order valence-electron chi connectivity index (χ4n) is 4.83. The highest BCUT2D eigenvalue weighted by molar-refractivity contribution is 7.80. The van der Waals surface area contributed by atoms with E-state index in [-0.39, 0.29) is 12.1 Å². The largest absolute Gasteiger partial charge is 0.497 e. The van der Waals surface area contributed by atoms with E-state index in [1.807, 2.05) is 55.0 Å². The maximum Gasteiger partial charge on any atom is 0.170 e. The standard InChI is InChI=1S/C27H27N5OS/c1-18-15-23(19(2)32(18)21-7-6-8-22(16-21)33-3)26-25(24-9-4-5-12-29-24)30-27(34)31(26)17-20-10-13-28-14-11-20/h4-16,25-26H,17H2,1-3H3,(H,30,34)/t25-,26-/m1/s1. The fraction of sp³-hybridized carbons (Fsp3) is 0.222. The van der Waals surface area contributed by atoms with Gasteiger partial charge in [-0.05, 0) is 79.7 Å². The molecule has 1 aliphatic heterocycles. The summed E-state index contributed by atoms with van der Waals surface area (Å²) in [6.07, 6.45) is 5.48. The molecule has 5 rings (SSSR count). The number of pyridine rings is 2. The van der Waals surface area contributed by atoms with Crippen LogP contribution >= 0.6 is 12.2 Å². The molecule has 172 valence electrons. The van der Waals surface area contributed by atoms with Gasteiger partial charge in [-0.15, -0.1) is 0 Å². The molecule has 34 heavy (non-hydrogen) atoms. The Labute approximate surface area is 205 Å². The van der Waals surface area contributed by atoms with Crippen molar-refractivity contribution in [1.82, 2.24) is 24.8 Å². The summed E-state index contributed by atoms with van der Waals surface area (Å²) >= 11 is 5.85. The normalized spacial score (nSPS) is 17.6. The van der Waals surface area contributed by atoms with Gasteiger partial charge in [0.1, 0.15) is 5.75 Å². The zero-order valence-corrected chi connectivity index (χ0v) is 20.3. The van der Waals surface area contributed by atoms with E-state index in [9.17, 15) is 0 Å². The maximum atomic E-state index is 5.85. The van der Waals surface area contributed by atoms with Crippen molar-refractivity contribution in [2.45, 2.75) is 32.5 Å². The van der Waals surface area contributed by atoms with Gasteiger partial charge in [-0.3, -0.25) is 9.97 Å². The van der Waals surface area contributed by atoms with Crippen LogP contribution in [0.3, 0.4) is 0 Å². The molecular weight excluding hydrogens is 442 g/mol. The number of ether oxygens (including phenoxy) is 1. The molecule has 0 aliphatic carbocycles. The van der Waals surface area contributed by atoms with Crippen LogP contribution in [0.15, 0.2) is 79.3 Å². The Morgan fingerprint density at radius 2 is 1.82 bits per heavy atom. The molecule has 1 aromatic carbocycles. The van der Waals surface area contributed by atoms with Crippen molar-refractivity contribution in [2.24, 2.45) is 0 Å². The van der Waals surface area contributed by atoms with E-state index < -0.39 is 0 Å². The van der Waals surface area contributed by atoms with Gasteiger partial charge in [-0.2, -0.15) is 0 Å². The molecular formula is C27H27N5OS. The van der Waals surface area contributed by atoms with Gasteiger partial charge in [0, 0.05) is 48.3 Å². The molecule has 0 spiro atoms. The van der Waals surface area contributed by atoms with Crippen LogP contribution in [-0.4, -0.2) is 31.7 Å². The summed E-state index contributed by atoms with van der Waals surface area (Å²) in [6.45, 7) is 4.99. The molecule has 0 radical (unpaired) electrons. The molecule has 0 amide bonds. The third kappa shape index (κ3) is 4.03. The van der Waals surface area contributed by atoms with E-state index in [0.717, 1.165) is 33.5 Å². The lowest BCUT2D eigenvalue weighted by Gasteiger charge is -2.28. The molecule has 1 fully saturated rings. The van der Waals surface area contributed by atoms with Crippen LogP contribution in [0.25, 0.3) is 5.69 Å². The summed E-state index contributed by atoms with van der Waals surface area (Å²) in [5.41, 5.74) is 6.75. The van der Waals surface area contributed by atoms with Gasteiger partial charge in [-0.1, -0.05) is 12.1 Å². The number of hydrogen-bond acceptors (Lipinski definition) is 4. The Balaban J connectivity index is 1.62. The van der Waals surface area contributed by atoms with E-state index in [4.69, 9.17) is 17.0 Å². The maximum absolute atomic E-state index is 5.85. The minimum atomic E-state index is -0.0604. The fourth-order valence-corrected chi connectivity index (χ4v) is 5.14. The first-order chi connectivity index (χ1) is 16.6. The monoisotopic (exact) mass is 469 g/mol. The predicted molar refractivity (Wildman–Crippen MR) is 137 cm³/mol. The Bertz CT molecular complexity index is 1310. The van der Waals surface area contributed by atoms with Crippen LogP contribution in [0.5, 0.6) is 5.75 Å². The lowest BCUT2D eigenvalue weighted by molar-refractivity contribution is 0.310. The topological polar surface area (TPSA) is 55.2 Å². The van der Waals surface area contributed by atoms with Crippen LogP contribution in [0.4, 0.5) is 0 Å². The van der Waals surface area contributed by atoms with E-state index in [1.165, 1.54) is 11.3 Å². The SMILES string of the molecule is COc1cccc(-n2c(C)cc([C@@H]3[C@@H](c4ccccn4)NC(=S)N3Cc3ccncc3)c2C)c1. The zero-order valence-electron chi connectivity index (χ0n) is 19.5. The molecule has 1 saturated heterocycles. The highest BCUT2D eigenvalue weighted by atomic mass is 32.1. The second-order valence-corrected chi connectivity index (χ2v) is 8.86. The molecule has 3 aromatic heterocycles. The minimum absolute atomic E-state index is 0.0128. The molecule has 6 nitrogen and oxygen atoms in total. The molecule has 4 heterocycles. The van der Waals surface area contributed by atoms with Gasteiger partial charge >= 0.3 is 0 Å². The number of nitrogens with zero attached hydrogens (tertiary/aromatic N) is 4. The smallest absolute Gasteiger partial charge is 0.170 e. The van der Waals surface area contributed by atoms with Gasteiger partial charge < -0.3 is 19.5 Å². The number of aryl methyl sites for hydroxylation is 1. The van der Waals surface area contributed by atoms with Crippen LogP contribution in [-0.2, 0) is 6.54 Å². The molecule has 0 saturated carbocycles. The first-order valence-corrected chi connectivity index (χ1v) is 11.7. The summed E-state index contributed by atoms with van der Waals surface area (Å²) in [7, 11) is 1.69. The molecule has 1 aliphatic rings. The summed E-state index contributed by atoms with van der Waals surface area (Å²) in [4.78, 5) is 11.1. The quantitative estimate of drug-likeness (QED) is 0.398.